The second kappa shape index (κ2) is 5.25. The minimum Gasteiger partial charge on any atom is -0.377 e. The lowest BCUT2D eigenvalue weighted by Gasteiger charge is -2.34. The number of amides is 1. The lowest BCUT2D eigenvalue weighted by Crippen LogP contribution is -2.52. The summed E-state index contributed by atoms with van der Waals surface area (Å²) in [6.07, 6.45) is 1.61. The number of nitrogens with zero attached hydrogens (tertiary/aromatic N) is 2. The highest BCUT2D eigenvalue weighted by Crippen LogP contribution is 2.11. The van der Waals surface area contributed by atoms with E-state index in [9.17, 15) is 4.79 Å². The molecule has 2 heterocycles. The van der Waals surface area contributed by atoms with E-state index in [1.165, 1.54) is 0 Å². The fourth-order valence-corrected chi connectivity index (χ4v) is 1.88. The van der Waals surface area contributed by atoms with Gasteiger partial charge >= 0.3 is 0 Å². The predicted octanol–water partition coefficient (Wildman–Crippen LogP) is 0.190. The van der Waals surface area contributed by atoms with E-state index in [-0.39, 0.29) is 11.9 Å². The summed E-state index contributed by atoms with van der Waals surface area (Å²) < 4.78 is 5.32. The molecule has 1 aromatic heterocycles. The minimum absolute atomic E-state index is 0.0174. The summed E-state index contributed by atoms with van der Waals surface area (Å²) in [6.45, 7) is 3.99. The first-order chi connectivity index (χ1) is 8.22. The Morgan fingerprint density at radius 2 is 2.47 bits per heavy atom. The van der Waals surface area contributed by atoms with Gasteiger partial charge in [0, 0.05) is 25.0 Å². The Hall–Kier alpha value is -1.46. The van der Waals surface area contributed by atoms with E-state index >= 15 is 0 Å². The quantitative estimate of drug-likeness (QED) is 0.794. The minimum atomic E-state index is -0.0300. The highest BCUT2D eigenvalue weighted by atomic mass is 16.5. The molecule has 0 bridgehead atoms. The van der Waals surface area contributed by atoms with E-state index in [0.717, 1.165) is 5.69 Å². The van der Waals surface area contributed by atoms with Crippen molar-refractivity contribution in [2.24, 2.45) is 5.73 Å². The van der Waals surface area contributed by atoms with Crippen LogP contribution in [0.4, 0.5) is 0 Å². The fraction of sp³-hybridized carbons (Fsp3) is 0.500. The maximum Gasteiger partial charge on any atom is 0.255 e. The molecule has 0 aromatic carbocycles. The summed E-state index contributed by atoms with van der Waals surface area (Å²) in [5, 5.41) is 0. The third-order valence-corrected chi connectivity index (χ3v) is 2.92. The smallest absolute Gasteiger partial charge is 0.255 e. The van der Waals surface area contributed by atoms with Crippen LogP contribution in [0, 0.1) is 6.92 Å². The third kappa shape index (κ3) is 2.62. The topological polar surface area (TPSA) is 68.5 Å². The Labute approximate surface area is 101 Å². The van der Waals surface area contributed by atoms with Gasteiger partial charge < -0.3 is 15.4 Å². The maximum absolute atomic E-state index is 12.3. The molecular weight excluding hydrogens is 218 g/mol. The second-order valence-electron chi connectivity index (χ2n) is 4.15. The number of aryl methyl sites for hydroxylation is 1. The number of ether oxygens (including phenoxy) is 1. The van der Waals surface area contributed by atoms with Crippen LogP contribution in [0.1, 0.15) is 16.1 Å². The van der Waals surface area contributed by atoms with Gasteiger partial charge in [0.1, 0.15) is 0 Å². The lowest BCUT2D eigenvalue weighted by molar-refractivity contribution is 0.000817. The summed E-state index contributed by atoms with van der Waals surface area (Å²) >= 11 is 0. The van der Waals surface area contributed by atoms with Crippen molar-refractivity contribution in [3.63, 3.8) is 0 Å². The Bertz CT molecular complexity index is 391. The van der Waals surface area contributed by atoms with Gasteiger partial charge in [-0.2, -0.15) is 0 Å². The van der Waals surface area contributed by atoms with Gasteiger partial charge in [-0.1, -0.05) is 0 Å². The average Bonchev–Trinajstić information content (AvgIpc) is 2.39. The van der Waals surface area contributed by atoms with Gasteiger partial charge in [0.25, 0.3) is 5.91 Å². The molecule has 1 atom stereocenters. The van der Waals surface area contributed by atoms with Crippen molar-refractivity contribution in [2.45, 2.75) is 13.0 Å². The standard InChI is InChI=1S/C12H17N3O2/c1-9-2-3-10(7-14-9)12(16)15-4-5-17-8-11(15)6-13/h2-3,7,11H,4-6,8,13H2,1H3. The van der Waals surface area contributed by atoms with E-state index < -0.39 is 0 Å². The first kappa shape index (κ1) is 12.0. The number of hydrogen-bond acceptors (Lipinski definition) is 4. The zero-order chi connectivity index (χ0) is 12.3. The maximum atomic E-state index is 12.3. The van der Waals surface area contributed by atoms with Crippen LogP contribution in [-0.4, -0.2) is 48.1 Å². The van der Waals surface area contributed by atoms with Gasteiger partial charge in [0.05, 0.1) is 24.8 Å². The van der Waals surface area contributed by atoms with Crippen molar-refractivity contribution < 1.29 is 9.53 Å². The molecule has 17 heavy (non-hydrogen) atoms. The second-order valence-corrected chi connectivity index (χ2v) is 4.15. The molecule has 0 spiro atoms. The molecule has 1 fully saturated rings. The number of carbonyl (C=O) groups excluding carboxylic acids is 1. The Morgan fingerprint density at radius 1 is 1.65 bits per heavy atom. The van der Waals surface area contributed by atoms with Crippen molar-refractivity contribution >= 4 is 5.91 Å². The monoisotopic (exact) mass is 235 g/mol. The first-order valence-corrected chi connectivity index (χ1v) is 5.74. The zero-order valence-electron chi connectivity index (χ0n) is 9.93. The molecule has 1 aliphatic heterocycles. The largest absolute Gasteiger partial charge is 0.377 e. The Balaban J connectivity index is 2.15. The van der Waals surface area contributed by atoms with Crippen molar-refractivity contribution in [3.8, 4) is 0 Å². The molecule has 1 aromatic rings. The molecule has 1 amide bonds. The molecule has 5 heteroatoms. The molecule has 2 rings (SSSR count). The predicted molar refractivity (Wildman–Crippen MR) is 63.7 cm³/mol. The van der Waals surface area contributed by atoms with Crippen LogP contribution in [0.2, 0.25) is 0 Å². The lowest BCUT2D eigenvalue weighted by atomic mass is 10.1. The number of hydrogen-bond donors (Lipinski definition) is 1. The molecule has 0 aliphatic carbocycles. The van der Waals surface area contributed by atoms with Gasteiger partial charge in [-0.25, -0.2) is 0 Å². The SMILES string of the molecule is Cc1ccc(C(=O)N2CCOCC2CN)cn1. The van der Waals surface area contributed by atoms with Gasteiger partial charge in [-0.05, 0) is 19.1 Å². The molecule has 1 aliphatic rings. The van der Waals surface area contributed by atoms with Crippen LogP contribution in [-0.2, 0) is 4.74 Å². The molecule has 92 valence electrons. The normalized spacial score (nSPS) is 20.4. The van der Waals surface area contributed by atoms with Crippen LogP contribution in [0.5, 0.6) is 0 Å². The molecule has 1 unspecified atom stereocenters. The Morgan fingerprint density at radius 3 is 3.12 bits per heavy atom. The molecule has 0 saturated carbocycles. The van der Waals surface area contributed by atoms with E-state index in [4.69, 9.17) is 10.5 Å². The van der Waals surface area contributed by atoms with Crippen molar-refractivity contribution in [1.29, 1.82) is 0 Å². The molecule has 1 saturated heterocycles. The number of aromatic nitrogens is 1. The summed E-state index contributed by atoms with van der Waals surface area (Å²) in [4.78, 5) is 18.2. The molecular formula is C12H17N3O2. The molecule has 5 nitrogen and oxygen atoms in total. The molecule has 0 radical (unpaired) electrons. The van der Waals surface area contributed by atoms with Gasteiger partial charge in [0.2, 0.25) is 0 Å². The van der Waals surface area contributed by atoms with E-state index in [1.807, 2.05) is 13.0 Å². The third-order valence-electron chi connectivity index (χ3n) is 2.92. The van der Waals surface area contributed by atoms with Gasteiger partial charge in [-0.3, -0.25) is 9.78 Å². The summed E-state index contributed by atoms with van der Waals surface area (Å²) in [5.41, 5.74) is 7.15. The number of carbonyl (C=O) groups is 1. The van der Waals surface area contributed by atoms with Crippen LogP contribution in [0.25, 0.3) is 0 Å². The first-order valence-electron chi connectivity index (χ1n) is 5.74. The van der Waals surface area contributed by atoms with E-state index in [0.29, 0.717) is 31.9 Å². The average molecular weight is 235 g/mol. The number of pyridine rings is 1. The highest BCUT2D eigenvalue weighted by Gasteiger charge is 2.26. The van der Waals surface area contributed by atoms with Crippen molar-refractivity contribution in [3.05, 3.63) is 29.6 Å². The fourth-order valence-electron chi connectivity index (χ4n) is 1.88. The van der Waals surface area contributed by atoms with Crippen LogP contribution in [0.15, 0.2) is 18.3 Å². The summed E-state index contributed by atoms with van der Waals surface area (Å²) in [6, 6.07) is 3.61. The van der Waals surface area contributed by atoms with Crippen LogP contribution in [0.3, 0.4) is 0 Å². The summed E-state index contributed by atoms with van der Waals surface area (Å²) in [7, 11) is 0. The zero-order valence-corrected chi connectivity index (χ0v) is 9.93. The van der Waals surface area contributed by atoms with Crippen LogP contribution >= 0.6 is 0 Å². The van der Waals surface area contributed by atoms with Crippen molar-refractivity contribution in [2.75, 3.05) is 26.3 Å². The number of morpholine rings is 1. The number of nitrogens with two attached hydrogens (primary N) is 1. The molecule has 2 N–H and O–H groups in total. The van der Waals surface area contributed by atoms with Crippen molar-refractivity contribution in [1.82, 2.24) is 9.88 Å². The highest BCUT2D eigenvalue weighted by molar-refractivity contribution is 5.94. The number of rotatable bonds is 2. The Kier molecular flexibility index (Phi) is 3.71. The summed E-state index contributed by atoms with van der Waals surface area (Å²) in [5.74, 6) is -0.0174. The van der Waals surface area contributed by atoms with Crippen LogP contribution < -0.4 is 5.73 Å². The van der Waals surface area contributed by atoms with E-state index in [2.05, 4.69) is 4.98 Å². The van der Waals surface area contributed by atoms with Gasteiger partial charge in [0.15, 0.2) is 0 Å². The van der Waals surface area contributed by atoms with E-state index in [1.54, 1.807) is 17.2 Å². The van der Waals surface area contributed by atoms with Gasteiger partial charge in [-0.15, -0.1) is 0 Å².